The minimum absolute atomic E-state index is 0.00968. The number of carbonyl (C=O) groups excluding carboxylic acids is 2. The van der Waals surface area contributed by atoms with Crippen molar-refractivity contribution < 1.29 is 9.59 Å². The van der Waals surface area contributed by atoms with Crippen LogP contribution in [0.3, 0.4) is 0 Å². The van der Waals surface area contributed by atoms with Gasteiger partial charge in [-0.25, -0.2) is 0 Å². The van der Waals surface area contributed by atoms with Crippen molar-refractivity contribution in [3.8, 4) is 0 Å². The lowest BCUT2D eigenvalue weighted by Gasteiger charge is -2.27. The van der Waals surface area contributed by atoms with Crippen LogP contribution in [0, 0.1) is 0 Å². The zero-order chi connectivity index (χ0) is 12.0. The van der Waals surface area contributed by atoms with E-state index < -0.39 is 0 Å². The summed E-state index contributed by atoms with van der Waals surface area (Å²) in [5.74, 6) is -0.0410. The summed E-state index contributed by atoms with van der Waals surface area (Å²) in [7, 11) is 1.59. The molecule has 5 heteroatoms. The van der Waals surface area contributed by atoms with Gasteiger partial charge in [0, 0.05) is 26.1 Å². The molecule has 3 N–H and O–H groups in total. The molecular weight excluding hydrogens is 206 g/mol. The molecule has 1 aliphatic heterocycles. The van der Waals surface area contributed by atoms with Gasteiger partial charge in [0.2, 0.25) is 11.8 Å². The van der Waals surface area contributed by atoms with Gasteiger partial charge in [-0.05, 0) is 26.2 Å². The highest BCUT2D eigenvalue weighted by Crippen LogP contribution is 2.12. The molecule has 2 amide bonds. The van der Waals surface area contributed by atoms with Gasteiger partial charge < -0.3 is 16.0 Å². The zero-order valence-corrected chi connectivity index (χ0v) is 10.0. The van der Waals surface area contributed by atoms with E-state index in [2.05, 4.69) is 22.9 Å². The van der Waals surface area contributed by atoms with E-state index in [0.717, 1.165) is 19.3 Å². The molecule has 1 fully saturated rings. The Morgan fingerprint density at radius 1 is 1.38 bits per heavy atom. The maximum atomic E-state index is 11.7. The second-order valence-corrected chi connectivity index (χ2v) is 4.27. The normalized spacial score (nSPS) is 24.9. The number of hydrogen-bond acceptors (Lipinski definition) is 3. The molecular formula is C11H21N3O2. The summed E-state index contributed by atoms with van der Waals surface area (Å²) < 4.78 is 0. The van der Waals surface area contributed by atoms with E-state index in [9.17, 15) is 9.59 Å². The van der Waals surface area contributed by atoms with Gasteiger partial charge in [0.05, 0.1) is 6.04 Å². The van der Waals surface area contributed by atoms with Crippen molar-refractivity contribution in [1.82, 2.24) is 16.0 Å². The maximum Gasteiger partial charge on any atom is 0.237 e. The van der Waals surface area contributed by atoms with Gasteiger partial charge in [-0.2, -0.15) is 0 Å². The third-order valence-corrected chi connectivity index (χ3v) is 2.86. The minimum atomic E-state index is -0.0894. The topological polar surface area (TPSA) is 70.2 Å². The van der Waals surface area contributed by atoms with Crippen molar-refractivity contribution >= 4 is 11.8 Å². The fourth-order valence-electron chi connectivity index (χ4n) is 1.89. The van der Waals surface area contributed by atoms with Crippen molar-refractivity contribution in [3.63, 3.8) is 0 Å². The Labute approximate surface area is 96.4 Å². The molecule has 1 rings (SSSR count). The van der Waals surface area contributed by atoms with Gasteiger partial charge in [0.25, 0.3) is 0 Å². The highest BCUT2D eigenvalue weighted by Gasteiger charge is 2.23. The van der Waals surface area contributed by atoms with E-state index in [-0.39, 0.29) is 17.9 Å². The van der Waals surface area contributed by atoms with E-state index in [4.69, 9.17) is 0 Å². The first-order valence-corrected chi connectivity index (χ1v) is 5.88. The second kappa shape index (κ2) is 6.48. The lowest BCUT2D eigenvalue weighted by Crippen LogP contribution is -2.50. The highest BCUT2D eigenvalue weighted by molar-refractivity contribution is 5.82. The van der Waals surface area contributed by atoms with Crippen LogP contribution in [-0.4, -0.2) is 37.5 Å². The van der Waals surface area contributed by atoms with E-state index in [1.165, 1.54) is 0 Å². The average Bonchev–Trinajstić information content (AvgIpc) is 2.28. The van der Waals surface area contributed by atoms with Crippen LogP contribution in [0.2, 0.25) is 0 Å². The molecule has 1 aliphatic rings. The summed E-state index contributed by atoms with van der Waals surface area (Å²) in [5.41, 5.74) is 0. The molecule has 16 heavy (non-hydrogen) atoms. The van der Waals surface area contributed by atoms with Gasteiger partial charge in [0.15, 0.2) is 0 Å². The molecule has 0 aliphatic carbocycles. The molecule has 0 spiro atoms. The Morgan fingerprint density at radius 2 is 2.12 bits per heavy atom. The van der Waals surface area contributed by atoms with Gasteiger partial charge in [-0.1, -0.05) is 0 Å². The Hall–Kier alpha value is -1.10. The van der Waals surface area contributed by atoms with Gasteiger partial charge in [-0.15, -0.1) is 0 Å². The van der Waals surface area contributed by atoms with Crippen LogP contribution < -0.4 is 16.0 Å². The largest absolute Gasteiger partial charge is 0.359 e. The lowest BCUT2D eigenvalue weighted by molar-refractivity contribution is -0.124. The third kappa shape index (κ3) is 4.18. The molecule has 0 radical (unpaired) electrons. The van der Waals surface area contributed by atoms with E-state index >= 15 is 0 Å². The fraction of sp³-hybridized carbons (Fsp3) is 0.818. The van der Waals surface area contributed by atoms with Gasteiger partial charge in [0.1, 0.15) is 0 Å². The standard InChI is InChI=1S/C11H21N3O2/c1-8-4-3-5-9(14-8)11(16)13-7-6-10(15)12-2/h8-9,14H,3-7H2,1-2H3,(H,12,15)(H,13,16). The number of hydrogen-bond donors (Lipinski definition) is 3. The molecule has 0 aromatic rings. The zero-order valence-electron chi connectivity index (χ0n) is 10.0. The Morgan fingerprint density at radius 3 is 2.75 bits per heavy atom. The number of nitrogens with one attached hydrogen (secondary N) is 3. The second-order valence-electron chi connectivity index (χ2n) is 4.27. The first kappa shape index (κ1) is 13.0. The van der Waals surface area contributed by atoms with Crippen LogP contribution in [-0.2, 0) is 9.59 Å². The summed E-state index contributed by atoms with van der Waals surface area (Å²) >= 11 is 0. The molecule has 92 valence electrons. The molecule has 1 heterocycles. The molecule has 2 unspecified atom stereocenters. The first-order valence-electron chi connectivity index (χ1n) is 5.88. The lowest BCUT2D eigenvalue weighted by atomic mass is 9.99. The predicted octanol–water partition coefficient (Wildman–Crippen LogP) is -0.231. The molecule has 0 saturated carbocycles. The SMILES string of the molecule is CNC(=O)CCNC(=O)C1CCCC(C)N1. The number of rotatable bonds is 4. The Bertz CT molecular complexity index is 256. The molecule has 5 nitrogen and oxygen atoms in total. The Balaban J connectivity index is 2.21. The van der Waals surface area contributed by atoms with Gasteiger partial charge in [-0.3, -0.25) is 9.59 Å². The summed E-state index contributed by atoms with van der Waals surface area (Å²) in [6, 6.07) is 0.317. The number of carbonyl (C=O) groups is 2. The van der Waals surface area contributed by atoms with Crippen LogP contribution in [0.1, 0.15) is 32.6 Å². The smallest absolute Gasteiger partial charge is 0.237 e. The van der Waals surface area contributed by atoms with Crippen molar-refractivity contribution in [2.45, 2.75) is 44.7 Å². The average molecular weight is 227 g/mol. The van der Waals surface area contributed by atoms with Gasteiger partial charge >= 0.3 is 0 Å². The third-order valence-electron chi connectivity index (χ3n) is 2.86. The van der Waals surface area contributed by atoms with Crippen molar-refractivity contribution in [2.24, 2.45) is 0 Å². The van der Waals surface area contributed by atoms with Crippen molar-refractivity contribution in [2.75, 3.05) is 13.6 Å². The molecule has 0 aromatic heterocycles. The van der Waals surface area contributed by atoms with Crippen molar-refractivity contribution in [3.05, 3.63) is 0 Å². The molecule has 2 atom stereocenters. The number of piperidine rings is 1. The number of amides is 2. The van der Waals surface area contributed by atoms with Crippen LogP contribution in [0.25, 0.3) is 0 Å². The molecule has 1 saturated heterocycles. The molecule has 0 aromatic carbocycles. The predicted molar refractivity (Wildman–Crippen MR) is 61.9 cm³/mol. The van der Waals surface area contributed by atoms with Crippen LogP contribution >= 0.6 is 0 Å². The van der Waals surface area contributed by atoms with Crippen LogP contribution in [0.4, 0.5) is 0 Å². The van der Waals surface area contributed by atoms with Crippen LogP contribution in [0.15, 0.2) is 0 Å². The fourth-order valence-corrected chi connectivity index (χ4v) is 1.89. The minimum Gasteiger partial charge on any atom is -0.359 e. The van der Waals surface area contributed by atoms with Crippen LogP contribution in [0.5, 0.6) is 0 Å². The molecule has 0 bridgehead atoms. The summed E-state index contributed by atoms with van der Waals surface area (Å²) in [6.07, 6.45) is 3.43. The Kier molecular flexibility index (Phi) is 5.25. The summed E-state index contributed by atoms with van der Waals surface area (Å²) in [6.45, 7) is 2.50. The van der Waals surface area contributed by atoms with E-state index in [1.807, 2.05) is 0 Å². The van der Waals surface area contributed by atoms with E-state index in [1.54, 1.807) is 7.05 Å². The first-order chi connectivity index (χ1) is 7.63. The quantitative estimate of drug-likeness (QED) is 0.621. The van der Waals surface area contributed by atoms with E-state index in [0.29, 0.717) is 19.0 Å². The summed E-state index contributed by atoms with van der Waals surface area (Å²) in [5, 5.41) is 8.55. The van der Waals surface area contributed by atoms with Crippen molar-refractivity contribution in [1.29, 1.82) is 0 Å². The monoisotopic (exact) mass is 227 g/mol. The highest BCUT2D eigenvalue weighted by atomic mass is 16.2. The maximum absolute atomic E-state index is 11.7. The summed E-state index contributed by atoms with van der Waals surface area (Å²) in [4.78, 5) is 22.7.